The SMILES string of the molecule is c1ccc(-c2cc3c(-c4ccccc4)oc(-c4ccccc4)c3cc2-c2ccccc2)cc1. The standard InChI is InChI=1S/C32H22O/c1-5-13-23(14-6-1)27-21-29-30(22-28(27)24-15-7-2-8-16-24)32(26-19-11-4-12-20-26)33-31(29)25-17-9-3-10-18-25/h1-22H. The van der Waals surface area contributed by atoms with Gasteiger partial charge in [0.1, 0.15) is 11.5 Å². The molecule has 0 aliphatic carbocycles. The Kier molecular flexibility index (Phi) is 4.86. The van der Waals surface area contributed by atoms with Crippen LogP contribution in [0.4, 0.5) is 0 Å². The van der Waals surface area contributed by atoms with Crippen molar-refractivity contribution in [3.63, 3.8) is 0 Å². The van der Waals surface area contributed by atoms with Gasteiger partial charge >= 0.3 is 0 Å². The predicted octanol–water partition coefficient (Wildman–Crippen LogP) is 9.10. The molecule has 0 bridgehead atoms. The average Bonchev–Trinajstić information content (AvgIpc) is 3.29. The van der Waals surface area contributed by atoms with Gasteiger partial charge in [-0.05, 0) is 34.4 Å². The van der Waals surface area contributed by atoms with E-state index < -0.39 is 0 Å². The summed E-state index contributed by atoms with van der Waals surface area (Å²) >= 11 is 0. The van der Waals surface area contributed by atoms with E-state index in [2.05, 4.69) is 121 Å². The van der Waals surface area contributed by atoms with Crippen LogP contribution in [0, 0.1) is 0 Å². The van der Waals surface area contributed by atoms with Crippen molar-refractivity contribution in [2.24, 2.45) is 0 Å². The van der Waals surface area contributed by atoms with Crippen molar-refractivity contribution in [1.29, 1.82) is 0 Å². The first-order chi connectivity index (χ1) is 16.4. The van der Waals surface area contributed by atoms with Crippen LogP contribution in [0.5, 0.6) is 0 Å². The van der Waals surface area contributed by atoms with E-state index in [0.29, 0.717) is 0 Å². The lowest BCUT2D eigenvalue weighted by molar-refractivity contribution is 0.602. The van der Waals surface area contributed by atoms with Gasteiger partial charge in [0.05, 0.1) is 0 Å². The molecule has 0 saturated carbocycles. The third-order valence-electron chi connectivity index (χ3n) is 6.09. The summed E-state index contributed by atoms with van der Waals surface area (Å²) in [6.07, 6.45) is 0. The van der Waals surface area contributed by atoms with E-state index in [0.717, 1.165) is 33.4 Å². The third kappa shape index (κ3) is 3.54. The lowest BCUT2D eigenvalue weighted by Gasteiger charge is -2.12. The maximum absolute atomic E-state index is 6.62. The molecule has 0 radical (unpaired) electrons. The number of furan rings is 1. The van der Waals surface area contributed by atoms with E-state index in [9.17, 15) is 0 Å². The van der Waals surface area contributed by atoms with Crippen molar-refractivity contribution in [3.8, 4) is 44.9 Å². The Morgan fingerprint density at radius 3 is 0.970 bits per heavy atom. The van der Waals surface area contributed by atoms with E-state index >= 15 is 0 Å². The molecule has 0 aliphatic rings. The number of hydrogen-bond donors (Lipinski definition) is 0. The predicted molar refractivity (Wildman–Crippen MR) is 138 cm³/mol. The zero-order valence-corrected chi connectivity index (χ0v) is 18.1. The first-order valence-corrected chi connectivity index (χ1v) is 11.2. The summed E-state index contributed by atoms with van der Waals surface area (Å²) in [5, 5.41) is 2.25. The highest BCUT2D eigenvalue weighted by Gasteiger charge is 2.20. The smallest absolute Gasteiger partial charge is 0.142 e. The summed E-state index contributed by atoms with van der Waals surface area (Å²) in [6.45, 7) is 0. The molecule has 0 fully saturated rings. The second-order valence-corrected chi connectivity index (χ2v) is 8.17. The van der Waals surface area contributed by atoms with E-state index in [-0.39, 0.29) is 0 Å². The van der Waals surface area contributed by atoms with E-state index in [1.54, 1.807) is 0 Å². The molecule has 0 atom stereocenters. The molecule has 0 unspecified atom stereocenters. The van der Waals surface area contributed by atoms with Gasteiger partial charge < -0.3 is 4.42 Å². The van der Waals surface area contributed by atoms with Gasteiger partial charge in [0.15, 0.2) is 0 Å². The maximum atomic E-state index is 6.62. The lowest BCUT2D eigenvalue weighted by atomic mass is 9.90. The topological polar surface area (TPSA) is 13.1 Å². The normalized spacial score (nSPS) is 11.0. The van der Waals surface area contributed by atoms with Crippen LogP contribution < -0.4 is 0 Å². The van der Waals surface area contributed by atoms with Gasteiger partial charge in [0.2, 0.25) is 0 Å². The molecule has 1 heteroatoms. The number of hydrogen-bond acceptors (Lipinski definition) is 1. The van der Waals surface area contributed by atoms with Crippen molar-refractivity contribution in [3.05, 3.63) is 133 Å². The molecule has 1 heterocycles. The van der Waals surface area contributed by atoms with Gasteiger partial charge in [0, 0.05) is 21.9 Å². The van der Waals surface area contributed by atoms with Crippen LogP contribution in [0.2, 0.25) is 0 Å². The Bertz CT molecular complexity index is 1400. The van der Waals surface area contributed by atoms with E-state index in [1.807, 2.05) is 12.1 Å². The van der Waals surface area contributed by atoms with Crippen molar-refractivity contribution >= 4 is 10.8 Å². The quantitative estimate of drug-likeness (QED) is 0.276. The van der Waals surface area contributed by atoms with Crippen molar-refractivity contribution in [2.45, 2.75) is 0 Å². The number of fused-ring (bicyclic) bond motifs is 1. The Morgan fingerprint density at radius 2 is 0.636 bits per heavy atom. The Hall–Kier alpha value is -4.36. The van der Waals surface area contributed by atoms with Crippen LogP contribution >= 0.6 is 0 Å². The molecule has 0 saturated heterocycles. The van der Waals surface area contributed by atoms with Crippen LogP contribution in [0.1, 0.15) is 0 Å². The fourth-order valence-corrected chi connectivity index (χ4v) is 4.51. The second-order valence-electron chi connectivity index (χ2n) is 8.17. The fraction of sp³-hybridized carbons (Fsp3) is 0. The van der Waals surface area contributed by atoms with Crippen LogP contribution in [0.25, 0.3) is 55.7 Å². The molecule has 0 aliphatic heterocycles. The summed E-state index contributed by atoms with van der Waals surface area (Å²) in [7, 11) is 0. The van der Waals surface area contributed by atoms with Gasteiger partial charge in [-0.3, -0.25) is 0 Å². The maximum Gasteiger partial charge on any atom is 0.142 e. The van der Waals surface area contributed by atoms with Gasteiger partial charge in [-0.15, -0.1) is 0 Å². The van der Waals surface area contributed by atoms with Crippen molar-refractivity contribution < 1.29 is 4.42 Å². The van der Waals surface area contributed by atoms with E-state index in [4.69, 9.17) is 4.42 Å². The molecule has 1 aromatic heterocycles. The number of rotatable bonds is 4. The largest absolute Gasteiger partial charge is 0.455 e. The minimum Gasteiger partial charge on any atom is -0.455 e. The highest BCUT2D eigenvalue weighted by atomic mass is 16.3. The monoisotopic (exact) mass is 422 g/mol. The highest BCUT2D eigenvalue weighted by Crippen LogP contribution is 2.44. The molecule has 33 heavy (non-hydrogen) atoms. The summed E-state index contributed by atoms with van der Waals surface area (Å²) < 4.78 is 6.62. The van der Waals surface area contributed by atoms with Crippen LogP contribution in [-0.2, 0) is 0 Å². The third-order valence-corrected chi connectivity index (χ3v) is 6.09. The molecule has 6 aromatic rings. The number of benzene rings is 5. The summed E-state index contributed by atoms with van der Waals surface area (Å²) in [5.41, 5.74) is 6.95. The molecule has 6 rings (SSSR count). The molecule has 156 valence electrons. The van der Waals surface area contributed by atoms with E-state index in [1.165, 1.54) is 22.3 Å². The van der Waals surface area contributed by atoms with Gasteiger partial charge in [-0.2, -0.15) is 0 Å². The van der Waals surface area contributed by atoms with Gasteiger partial charge in [-0.1, -0.05) is 121 Å². The lowest BCUT2D eigenvalue weighted by Crippen LogP contribution is -1.87. The molecule has 0 spiro atoms. The van der Waals surface area contributed by atoms with Gasteiger partial charge in [-0.25, -0.2) is 0 Å². The molecular formula is C32H22O. The molecule has 0 amide bonds. The fourth-order valence-electron chi connectivity index (χ4n) is 4.51. The summed E-state index contributed by atoms with van der Waals surface area (Å²) in [4.78, 5) is 0. The van der Waals surface area contributed by atoms with Crippen LogP contribution in [-0.4, -0.2) is 0 Å². The van der Waals surface area contributed by atoms with Crippen LogP contribution in [0.3, 0.4) is 0 Å². The minimum atomic E-state index is 0.904. The first-order valence-electron chi connectivity index (χ1n) is 11.2. The Labute approximate surface area is 193 Å². The average molecular weight is 423 g/mol. The zero-order valence-electron chi connectivity index (χ0n) is 18.1. The highest BCUT2D eigenvalue weighted by molar-refractivity contribution is 6.07. The second kappa shape index (κ2) is 8.29. The molecule has 0 N–H and O–H groups in total. The van der Waals surface area contributed by atoms with Gasteiger partial charge in [0.25, 0.3) is 0 Å². The molecule has 5 aromatic carbocycles. The first kappa shape index (κ1) is 19.3. The molecule has 1 nitrogen and oxygen atoms in total. The summed E-state index contributed by atoms with van der Waals surface area (Å²) in [5.74, 6) is 1.81. The Morgan fingerprint density at radius 1 is 0.333 bits per heavy atom. The van der Waals surface area contributed by atoms with Crippen LogP contribution in [0.15, 0.2) is 138 Å². The summed E-state index contributed by atoms with van der Waals surface area (Å²) in [6, 6.07) is 46.5. The Balaban J connectivity index is 1.72. The van der Waals surface area contributed by atoms with Crippen molar-refractivity contribution in [2.75, 3.05) is 0 Å². The zero-order chi connectivity index (χ0) is 22.0. The van der Waals surface area contributed by atoms with Crippen molar-refractivity contribution in [1.82, 2.24) is 0 Å². The molecular weight excluding hydrogens is 400 g/mol. The minimum absolute atomic E-state index is 0.904.